The first-order chi connectivity index (χ1) is 7.93. The first-order valence-corrected chi connectivity index (χ1v) is 8.05. The lowest BCUT2D eigenvalue weighted by molar-refractivity contribution is 0.204. The molecule has 1 atom stereocenters. The normalized spacial score (nSPS) is 22.8. The minimum Gasteiger partial charge on any atom is -0.395 e. The van der Waals surface area contributed by atoms with Crippen LogP contribution < -0.4 is 5.32 Å². The van der Waals surface area contributed by atoms with Gasteiger partial charge >= 0.3 is 0 Å². The molecule has 0 amide bonds. The Balaban J connectivity index is 2.26. The number of nitrogens with zero attached hydrogens (tertiary/aromatic N) is 1. The number of aliphatic hydroxyl groups is 1. The summed E-state index contributed by atoms with van der Waals surface area (Å²) in [6.07, 6.45) is 0.856. The Morgan fingerprint density at radius 3 is 2.35 bits per heavy atom. The van der Waals surface area contributed by atoms with E-state index in [9.17, 15) is 13.5 Å². The standard InChI is InChI=1S/C11H24N2O3S/c1-10(2)12-11(9-14)3-4-13-5-7-17(15,16)8-6-13/h10-12,14H,3-9H2,1-2H3. The third-order valence-corrected chi connectivity index (χ3v) is 4.63. The summed E-state index contributed by atoms with van der Waals surface area (Å²) in [5.41, 5.74) is 0. The topological polar surface area (TPSA) is 69.6 Å². The molecule has 1 aliphatic rings. The van der Waals surface area contributed by atoms with Crippen molar-refractivity contribution in [3.05, 3.63) is 0 Å². The van der Waals surface area contributed by atoms with E-state index in [2.05, 4.69) is 24.1 Å². The molecule has 0 aromatic carbocycles. The van der Waals surface area contributed by atoms with E-state index in [1.807, 2.05) is 0 Å². The highest BCUT2D eigenvalue weighted by molar-refractivity contribution is 7.91. The molecule has 0 aromatic rings. The Kier molecular flexibility index (Phi) is 5.85. The van der Waals surface area contributed by atoms with Gasteiger partial charge in [-0.15, -0.1) is 0 Å². The average molecular weight is 264 g/mol. The molecule has 1 heterocycles. The van der Waals surface area contributed by atoms with Crippen LogP contribution in [0.15, 0.2) is 0 Å². The number of hydrogen-bond acceptors (Lipinski definition) is 5. The second-order valence-corrected chi connectivity index (χ2v) is 7.29. The number of sulfone groups is 1. The molecule has 0 radical (unpaired) electrons. The van der Waals surface area contributed by atoms with Crippen molar-refractivity contribution >= 4 is 9.84 Å². The Labute approximate surface area is 104 Å². The number of nitrogens with one attached hydrogen (secondary N) is 1. The maximum absolute atomic E-state index is 11.3. The van der Waals surface area contributed by atoms with Crippen molar-refractivity contribution in [2.75, 3.05) is 37.7 Å². The molecule has 0 aliphatic carbocycles. The van der Waals surface area contributed by atoms with Gasteiger partial charge in [0.25, 0.3) is 0 Å². The van der Waals surface area contributed by atoms with Crippen LogP contribution in [0.5, 0.6) is 0 Å². The summed E-state index contributed by atoms with van der Waals surface area (Å²) in [6, 6.07) is 0.461. The number of hydrogen-bond donors (Lipinski definition) is 2. The Morgan fingerprint density at radius 1 is 1.29 bits per heavy atom. The summed E-state index contributed by atoms with van der Waals surface area (Å²) in [6.45, 7) is 6.33. The van der Waals surface area contributed by atoms with Gasteiger partial charge in [-0.25, -0.2) is 8.42 Å². The lowest BCUT2D eigenvalue weighted by Gasteiger charge is -2.28. The smallest absolute Gasteiger partial charge is 0.152 e. The molecule has 17 heavy (non-hydrogen) atoms. The zero-order valence-corrected chi connectivity index (χ0v) is 11.5. The highest BCUT2D eigenvalue weighted by atomic mass is 32.2. The van der Waals surface area contributed by atoms with Crippen molar-refractivity contribution in [1.29, 1.82) is 0 Å². The molecule has 1 unspecified atom stereocenters. The first kappa shape index (κ1) is 14.9. The Bertz CT molecular complexity index is 303. The van der Waals surface area contributed by atoms with E-state index < -0.39 is 9.84 Å². The molecule has 2 N–H and O–H groups in total. The van der Waals surface area contributed by atoms with Crippen molar-refractivity contribution in [3.63, 3.8) is 0 Å². The predicted molar refractivity (Wildman–Crippen MR) is 68.9 cm³/mol. The molecule has 1 rings (SSSR count). The molecule has 0 bridgehead atoms. The van der Waals surface area contributed by atoms with Crippen LogP contribution >= 0.6 is 0 Å². The molecule has 6 heteroatoms. The third-order valence-electron chi connectivity index (χ3n) is 3.02. The summed E-state index contributed by atoms with van der Waals surface area (Å²) >= 11 is 0. The number of aliphatic hydroxyl groups excluding tert-OH is 1. The van der Waals surface area contributed by atoms with Gasteiger partial charge in [-0.05, 0) is 13.0 Å². The molecule has 0 saturated carbocycles. The van der Waals surface area contributed by atoms with Gasteiger partial charge in [0.1, 0.15) is 0 Å². The van der Waals surface area contributed by atoms with Crippen LogP contribution in [0.4, 0.5) is 0 Å². The van der Waals surface area contributed by atoms with Crippen LogP contribution in [0.3, 0.4) is 0 Å². The minimum absolute atomic E-state index is 0.105. The van der Waals surface area contributed by atoms with Crippen molar-refractivity contribution in [1.82, 2.24) is 10.2 Å². The predicted octanol–water partition coefficient (Wildman–Crippen LogP) is -0.534. The summed E-state index contributed by atoms with van der Waals surface area (Å²) < 4.78 is 22.5. The van der Waals surface area contributed by atoms with E-state index in [0.717, 1.165) is 13.0 Å². The Morgan fingerprint density at radius 2 is 1.88 bits per heavy atom. The van der Waals surface area contributed by atoms with Gasteiger partial charge in [0.05, 0.1) is 18.1 Å². The van der Waals surface area contributed by atoms with Crippen LogP contribution in [0.2, 0.25) is 0 Å². The largest absolute Gasteiger partial charge is 0.395 e. The second-order valence-electron chi connectivity index (χ2n) is 4.98. The van der Waals surface area contributed by atoms with Crippen molar-refractivity contribution in [2.45, 2.75) is 32.4 Å². The number of rotatable bonds is 6. The van der Waals surface area contributed by atoms with E-state index >= 15 is 0 Å². The lowest BCUT2D eigenvalue weighted by atomic mass is 10.2. The van der Waals surface area contributed by atoms with Crippen LogP contribution in [0.25, 0.3) is 0 Å². The molecular formula is C11H24N2O3S. The highest BCUT2D eigenvalue weighted by Gasteiger charge is 2.21. The van der Waals surface area contributed by atoms with E-state index in [4.69, 9.17) is 0 Å². The van der Waals surface area contributed by atoms with Gasteiger partial charge < -0.3 is 15.3 Å². The second kappa shape index (κ2) is 6.68. The minimum atomic E-state index is -2.79. The van der Waals surface area contributed by atoms with Gasteiger partial charge in [-0.3, -0.25) is 0 Å². The van der Waals surface area contributed by atoms with Crippen molar-refractivity contribution in [3.8, 4) is 0 Å². The molecule has 1 aliphatic heterocycles. The molecule has 102 valence electrons. The first-order valence-electron chi connectivity index (χ1n) is 6.22. The van der Waals surface area contributed by atoms with Crippen molar-refractivity contribution < 1.29 is 13.5 Å². The fourth-order valence-electron chi connectivity index (χ4n) is 2.01. The monoisotopic (exact) mass is 264 g/mol. The fourth-order valence-corrected chi connectivity index (χ4v) is 3.29. The third kappa shape index (κ3) is 5.81. The molecule has 1 fully saturated rings. The van der Waals surface area contributed by atoms with Crippen LogP contribution in [0.1, 0.15) is 20.3 Å². The van der Waals surface area contributed by atoms with E-state index in [-0.39, 0.29) is 24.2 Å². The molecular weight excluding hydrogens is 240 g/mol. The molecule has 0 aromatic heterocycles. The summed E-state index contributed by atoms with van der Waals surface area (Å²) in [4.78, 5) is 2.16. The summed E-state index contributed by atoms with van der Waals surface area (Å²) in [5.74, 6) is 0.544. The molecule has 5 nitrogen and oxygen atoms in total. The van der Waals surface area contributed by atoms with E-state index in [1.165, 1.54) is 0 Å². The highest BCUT2D eigenvalue weighted by Crippen LogP contribution is 2.05. The van der Waals surface area contributed by atoms with Gasteiger partial charge in [0.2, 0.25) is 0 Å². The van der Waals surface area contributed by atoms with Gasteiger partial charge in [0.15, 0.2) is 9.84 Å². The van der Waals surface area contributed by atoms with Crippen molar-refractivity contribution in [2.24, 2.45) is 0 Å². The van der Waals surface area contributed by atoms with E-state index in [1.54, 1.807) is 0 Å². The van der Waals surface area contributed by atoms with Crippen LogP contribution in [-0.4, -0.2) is 68.3 Å². The average Bonchev–Trinajstić information content (AvgIpc) is 2.25. The fraction of sp³-hybridized carbons (Fsp3) is 1.00. The zero-order chi connectivity index (χ0) is 12.9. The lowest BCUT2D eigenvalue weighted by Crippen LogP contribution is -2.44. The Hall–Kier alpha value is -0.170. The van der Waals surface area contributed by atoms with Gasteiger partial charge in [0, 0.05) is 25.2 Å². The summed E-state index contributed by atoms with van der Waals surface area (Å²) in [5, 5.41) is 12.5. The molecule has 0 spiro atoms. The van der Waals surface area contributed by atoms with Crippen LogP contribution in [-0.2, 0) is 9.84 Å². The zero-order valence-electron chi connectivity index (χ0n) is 10.7. The maximum atomic E-state index is 11.3. The molecule has 1 saturated heterocycles. The quantitative estimate of drug-likeness (QED) is 0.675. The van der Waals surface area contributed by atoms with Crippen LogP contribution in [0, 0.1) is 0 Å². The van der Waals surface area contributed by atoms with Gasteiger partial charge in [-0.2, -0.15) is 0 Å². The summed E-state index contributed by atoms with van der Waals surface area (Å²) in [7, 11) is -2.79. The SMILES string of the molecule is CC(C)NC(CO)CCN1CCS(=O)(=O)CC1. The van der Waals surface area contributed by atoms with E-state index in [0.29, 0.717) is 19.1 Å². The maximum Gasteiger partial charge on any atom is 0.152 e. The van der Waals surface area contributed by atoms with Gasteiger partial charge in [-0.1, -0.05) is 13.8 Å².